The molecule has 6 N–H and O–H groups in total. The SMILES string of the molecule is Cc1nccn1CCCCCCCC(=O)OCc1cc2[nH]c1c(-c1ccccc1NC(=O)C1(C)CCCCC1)c1nc(c(-c3ccccc3NC(=O)C3(C)CCCCC3)c3ccc([nH]3)c(-c3ccccc3NC(=O)C3(C)CCCCC3)c3nc(c2-c2ccccc2NC(=O)C2(C)CCCCC2)C=C3)C=C1. The predicted molar refractivity (Wildman–Crippen MR) is 424 cm³/mol. The van der Waals surface area contributed by atoms with E-state index < -0.39 is 21.7 Å². The van der Waals surface area contributed by atoms with Crippen LogP contribution >= 0.6 is 0 Å². The molecule has 0 atom stereocenters. The molecule has 4 aromatic carbocycles. The van der Waals surface area contributed by atoms with Gasteiger partial charge in [0, 0.05) is 136 Å². The number of fused-ring (bicyclic) bond motifs is 8. The molecule has 6 heterocycles. The van der Waals surface area contributed by atoms with Gasteiger partial charge in [-0.15, -0.1) is 0 Å². The highest BCUT2D eigenvalue weighted by Crippen LogP contribution is 2.48. The summed E-state index contributed by atoms with van der Waals surface area (Å²) in [7, 11) is 0. The summed E-state index contributed by atoms with van der Waals surface area (Å²) < 4.78 is 8.68. The third kappa shape index (κ3) is 15.6. The Morgan fingerprint density at radius 1 is 0.429 bits per heavy atom. The summed E-state index contributed by atoms with van der Waals surface area (Å²) in [6, 6.07) is 37.9. The van der Waals surface area contributed by atoms with Crippen molar-refractivity contribution in [1.29, 1.82) is 0 Å². The van der Waals surface area contributed by atoms with Crippen molar-refractivity contribution < 1.29 is 28.7 Å². The van der Waals surface area contributed by atoms with E-state index in [1.165, 1.54) is 0 Å². The summed E-state index contributed by atoms with van der Waals surface area (Å²) in [6.45, 7) is 11.1. The lowest BCUT2D eigenvalue weighted by atomic mass is 9.75. The molecular formula is C89H102N10O6. The van der Waals surface area contributed by atoms with Crippen molar-refractivity contribution in [2.45, 2.75) is 215 Å². The summed E-state index contributed by atoms with van der Waals surface area (Å²) in [6.07, 6.45) is 35.2. The molecule has 4 saturated carbocycles. The highest BCUT2D eigenvalue weighted by atomic mass is 16.5. The number of carbonyl (C=O) groups is 5. The van der Waals surface area contributed by atoms with E-state index in [0.29, 0.717) is 107 Å². The fourth-order valence-electron chi connectivity index (χ4n) is 17.1. The number of nitrogens with zero attached hydrogens (tertiary/aromatic N) is 4. The molecule has 2 aliphatic heterocycles. The number of unbranched alkanes of at least 4 members (excludes halogenated alkanes) is 4. The van der Waals surface area contributed by atoms with Crippen molar-refractivity contribution >= 4 is 98.7 Å². The summed E-state index contributed by atoms with van der Waals surface area (Å²) in [5.74, 6) is 0.531. The first-order chi connectivity index (χ1) is 51.0. The van der Waals surface area contributed by atoms with Crippen LogP contribution in [-0.2, 0) is 41.9 Å². The Labute approximate surface area is 617 Å². The number of amides is 4. The van der Waals surface area contributed by atoms with Gasteiger partial charge in [0.15, 0.2) is 0 Å². The van der Waals surface area contributed by atoms with E-state index in [2.05, 4.69) is 80.6 Å². The number of hydrogen-bond acceptors (Lipinski definition) is 9. The minimum Gasteiger partial charge on any atom is -0.461 e. The monoisotopic (exact) mass is 1410 g/mol. The number of ether oxygens (including phenoxy) is 1. The van der Waals surface area contributed by atoms with Crippen LogP contribution in [0.2, 0.25) is 0 Å². The van der Waals surface area contributed by atoms with E-state index in [9.17, 15) is 19.2 Å². The Kier molecular flexibility index (Phi) is 21.5. The van der Waals surface area contributed by atoms with Crippen LogP contribution in [0.25, 0.3) is 90.9 Å². The van der Waals surface area contributed by atoms with Crippen molar-refractivity contribution in [2.75, 3.05) is 21.3 Å². The van der Waals surface area contributed by atoms with Crippen LogP contribution in [-0.4, -0.2) is 59.1 Å². The number of benzene rings is 4. The van der Waals surface area contributed by atoms with Gasteiger partial charge in [-0.05, 0) is 138 Å². The normalized spacial score (nSPS) is 17.2. The Bertz CT molecular complexity index is 4830. The first-order valence-electron chi connectivity index (χ1n) is 38.9. The minimum absolute atomic E-state index is 0.0235. The fraction of sp³-hybridized carbons (Fsp3) is 0.416. The van der Waals surface area contributed by atoms with Crippen LogP contribution in [0, 0.1) is 28.6 Å². The Hall–Kier alpha value is -9.96. The highest BCUT2D eigenvalue weighted by Gasteiger charge is 2.39. The molecule has 4 aromatic heterocycles. The standard InChI is InChI=1S/C89H102N10O6/c1-59-90-54-56-99(59)55-30-8-6-7-13-39-76(100)105-58-60-57-75-79(63-33-16-20-37-67(63)97-84(103)88(4)50-26-11-27-51-88)73-43-42-71(92-73)77(61-31-14-18-35-65(61)95-82(101)86(2)46-22-9-23-47-86)69-40-41-70(91-69)78(62-32-15-19-36-66(62)96-83(102)87(3)48-24-10-25-49-87)72-44-45-74(93-72)80(81(60)94-75)64-34-17-21-38-68(64)98-85(104)89(5)52-28-12-29-53-89/h14-21,31-38,40-45,54,56-57,91,94H,6-13,22-30,39,46-53,55,58H2,1-5H3,(H,95,101)(H,96,102)(H,97,103)(H,98,104). The number of para-hydroxylation sites is 4. The first-order valence-corrected chi connectivity index (χ1v) is 38.9. The van der Waals surface area contributed by atoms with Gasteiger partial charge >= 0.3 is 5.97 Å². The summed E-state index contributed by atoms with van der Waals surface area (Å²) in [5, 5.41) is 13.8. The van der Waals surface area contributed by atoms with E-state index in [-0.39, 0.29) is 42.6 Å². The zero-order valence-corrected chi connectivity index (χ0v) is 62.0. The van der Waals surface area contributed by atoms with E-state index in [4.69, 9.17) is 14.7 Å². The van der Waals surface area contributed by atoms with Crippen molar-refractivity contribution in [3.05, 3.63) is 162 Å². The van der Waals surface area contributed by atoms with Gasteiger partial charge in [-0.3, -0.25) is 24.0 Å². The van der Waals surface area contributed by atoms with Gasteiger partial charge in [0.1, 0.15) is 12.4 Å². The van der Waals surface area contributed by atoms with E-state index in [1.807, 2.05) is 147 Å². The summed E-state index contributed by atoms with van der Waals surface area (Å²) >= 11 is 0. The van der Waals surface area contributed by atoms with Gasteiger partial charge in [0.2, 0.25) is 23.6 Å². The topological polar surface area (TPSA) is 218 Å². The Morgan fingerprint density at radius 2 is 0.781 bits per heavy atom. The van der Waals surface area contributed by atoms with Crippen molar-refractivity contribution in [3.8, 4) is 44.5 Å². The molecule has 16 heteroatoms. The highest BCUT2D eigenvalue weighted by molar-refractivity contribution is 6.09. The van der Waals surface area contributed by atoms with Crippen LogP contribution in [0.1, 0.15) is 229 Å². The Morgan fingerprint density at radius 3 is 1.17 bits per heavy atom. The van der Waals surface area contributed by atoms with Crippen LogP contribution < -0.4 is 21.3 Å². The lowest BCUT2D eigenvalue weighted by Crippen LogP contribution is -2.35. The maximum atomic E-state index is 15.0. The number of rotatable bonds is 22. The number of nitrogens with one attached hydrogen (secondary N) is 6. The van der Waals surface area contributed by atoms with E-state index >= 15 is 4.79 Å². The summed E-state index contributed by atoms with van der Waals surface area (Å²) in [5.41, 5.74) is 11.4. The average Bonchev–Trinajstić information content (AvgIpc) is 1.61. The molecule has 105 heavy (non-hydrogen) atoms. The maximum Gasteiger partial charge on any atom is 0.306 e. The van der Waals surface area contributed by atoms with Gasteiger partial charge in [-0.2, -0.15) is 0 Å². The van der Waals surface area contributed by atoms with Crippen LogP contribution in [0.5, 0.6) is 0 Å². The third-order valence-electron chi connectivity index (χ3n) is 23.8. The maximum absolute atomic E-state index is 15.0. The minimum atomic E-state index is -0.593. The second-order valence-electron chi connectivity index (χ2n) is 31.6. The number of H-pyrrole nitrogens is 2. The molecule has 16 nitrogen and oxygen atoms in total. The second-order valence-corrected chi connectivity index (χ2v) is 31.6. The first kappa shape index (κ1) is 72.0. The van der Waals surface area contributed by atoms with Gasteiger partial charge in [-0.25, -0.2) is 15.0 Å². The molecule has 0 spiro atoms. The van der Waals surface area contributed by atoms with Crippen LogP contribution in [0.4, 0.5) is 22.7 Å². The smallest absolute Gasteiger partial charge is 0.306 e. The molecule has 14 rings (SSSR count). The van der Waals surface area contributed by atoms with Gasteiger partial charge in [-0.1, -0.05) is 197 Å². The zero-order chi connectivity index (χ0) is 72.7. The molecule has 6 aliphatic rings. The van der Waals surface area contributed by atoms with Gasteiger partial charge < -0.3 is 40.5 Å². The Balaban J connectivity index is 1.03. The quantitative estimate of drug-likeness (QED) is 0.0280. The number of aryl methyl sites for hydroxylation is 2. The van der Waals surface area contributed by atoms with Crippen LogP contribution in [0.15, 0.2) is 128 Å². The molecule has 8 aromatic rings. The third-order valence-corrected chi connectivity index (χ3v) is 23.8. The lowest BCUT2D eigenvalue weighted by Gasteiger charge is -2.32. The van der Waals surface area contributed by atoms with E-state index in [0.717, 1.165) is 183 Å². The molecule has 4 fully saturated rings. The molecule has 4 amide bonds. The number of hydrogen-bond donors (Lipinski definition) is 6. The largest absolute Gasteiger partial charge is 0.461 e. The molecule has 0 unspecified atom stereocenters. The molecule has 8 bridgehead atoms. The van der Waals surface area contributed by atoms with Crippen molar-refractivity contribution in [3.63, 3.8) is 0 Å². The number of imidazole rings is 1. The van der Waals surface area contributed by atoms with Crippen LogP contribution in [0.3, 0.4) is 0 Å². The van der Waals surface area contributed by atoms with Gasteiger partial charge in [0.05, 0.1) is 28.3 Å². The number of esters is 1. The van der Waals surface area contributed by atoms with E-state index in [1.54, 1.807) is 0 Å². The fourth-order valence-corrected chi connectivity index (χ4v) is 17.1. The number of anilines is 4. The lowest BCUT2D eigenvalue weighted by molar-refractivity contribution is -0.145. The van der Waals surface area contributed by atoms with Crippen molar-refractivity contribution in [1.82, 2.24) is 29.5 Å². The molecule has 0 radical (unpaired) electrons. The number of aromatic nitrogens is 6. The number of aromatic amines is 2. The average molecular weight is 1410 g/mol. The van der Waals surface area contributed by atoms with Gasteiger partial charge in [0.25, 0.3) is 0 Å². The van der Waals surface area contributed by atoms with Crippen molar-refractivity contribution in [2.24, 2.45) is 21.7 Å². The summed E-state index contributed by atoms with van der Waals surface area (Å²) in [4.78, 5) is 97.9. The molecule has 4 aliphatic carbocycles. The molecule has 0 saturated heterocycles. The second kappa shape index (κ2) is 31.4. The molecular weight excluding hydrogens is 1310 g/mol. The molecule has 544 valence electrons. The zero-order valence-electron chi connectivity index (χ0n) is 62.0. The number of carbonyl (C=O) groups excluding carboxylic acids is 5. The predicted octanol–water partition coefficient (Wildman–Crippen LogP) is 21.5.